The van der Waals surface area contributed by atoms with Gasteiger partial charge in [0.25, 0.3) is 5.69 Å². The fourth-order valence-corrected chi connectivity index (χ4v) is 3.55. The van der Waals surface area contributed by atoms with Gasteiger partial charge in [0.1, 0.15) is 5.69 Å². The van der Waals surface area contributed by atoms with Crippen molar-refractivity contribution in [2.24, 2.45) is 0 Å². The lowest BCUT2D eigenvalue weighted by atomic mass is 10.1. The summed E-state index contributed by atoms with van der Waals surface area (Å²) in [5.74, 6) is -0.321. The molecular formula is C20H20N4O3S. The summed E-state index contributed by atoms with van der Waals surface area (Å²) in [5, 5.41) is 13.9. The number of benzene rings is 2. The summed E-state index contributed by atoms with van der Waals surface area (Å²) in [6, 6.07) is 16.1. The number of anilines is 1. The van der Waals surface area contributed by atoms with Gasteiger partial charge in [0.05, 0.1) is 15.9 Å². The molecule has 3 rings (SSSR count). The molecule has 0 spiro atoms. The number of aromatic amines is 1. The molecule has 1 heterocycles. The predicted molar refractivity (Wildman–Crippen MR) is 110 cm³/mol. The molecule has 2 N–H and O–H groups in total. The van der Waals surface area contributed by atoms with Gasteiger partial charge >= 0.3 is 0 Å². The maximum absolute atomic E-state index is 12.5. The number of rotatable bonds is 7. The van der Waals surface area contributed by atoms with E-state index in [4.69, 9.17) is 0 Å². The highest BCUT2D eigenvalue weighted by atomic mass is 32.2. The lowest BCUT2D eigenvalue weighted by Crippen LogP contribution is -2.23. The molecule has 0 fully saturated rings. The zero-order valence-corrected chi connectivity index (χ0v) is 16.3. The Morgan fingerprint density at radius 1 is 1.21 bits per heavy atom. The van der Waals surface area contributed by atoms with Crippen LogP contribution >= 0.6 is 11.8 Å². The van der Waals surface area contributed by atoms with E-state index in [1.165, 1.54) is 23.9 Å². The van der Waals surface area contributed by atoms with E-state index < -0.39 is 10.2 Å². The second-order valence-electron chi connectivity index (χ2n) is 6.30. The number of amides is 1. The van der Waals surface area contributed by atoms with Crippen molar-refractivity contribution in [3.8, 4) is 0 Å². The second kappa shape index (κ2) is 8.71. The van der Waals surface area contributed by atoms with Crippen molar-refractivity contribution in [1.82, 2.24) is 9.97 Å². The number of aryl methyl sites for hydroxylation is 1. The van der Waals surface area contributed by atoms with Crippen molar-refractivity contribution < 1.29 is 9.72 Å². The largest absolute Gasteiger partial charge is 0.337 e. The molecule has 1 atom stereocenters. The minimum Gasteiger partial charge on any atom is -0.337 e. The average Bonchev–Trinajstić information content (AvgIpc) is 3.01. The van der Waals surface area contributed by atoms with Crippen LogP contribution in [0, 0.1) is 17.0 Å². The molecule has 7 nitrogen and oxygen atoms in total. The Labute approximate surface area is 166 Å². The van der Waals surface area contributed by atoms with Gasteiger partial charge in [0.2, 0.25) is 5.91 Å². The number of nitro benzene ring substituents is 1. The molecule has 0 bridgehead atoms. The maximum atomic E-state index is 12.5. The number of imidazole rings is 1. The minimum absolute atomic E-state index is 0.132. The van der Waals surface area contributed by atoms with Gasteiger partial charge in [-0.25, -0.2) is 4.98 Å². The molecule has 1 amide bonds. The zero-order chi connectivity index (χ0) is 20.1. The fourth-order valence-electron chi connectivity index (χ4n) is 2.68. The van der Waals surface area contributed by atoms with Gasteiger partial charge in [-0.15, -0.1) is 0 Å². The number of hydrogen-bond acceptors (Lipinski definition) is 5. The highest BCUT2D eigenvalue weighted by molar-refractivity contribution is 8.00. The van der Waals surface area contributed by atoms with Crippen molar-refractivity contribution in [2.75, 3.05) is 5.32 Å². The number of nitro groups is 1. The normalized spacial score (nSPS) is 11.8. The Morgan fingerprint density at radius 3 is 2.61 bits per heavy atom. The van der Waals surface area contributed by atoms with Crippen molar-refractivity contribution in [3.63, 3.8) is 0 Å². The number of nitrogens with one attached hydrogen (secondary N) is 2. The van der Waals surface area contributed by atoms with Crippen molar-refractivity contribution in [1.29, 1.82) is 0 Å². The Hall–Kier alpha value is -3.13. The summed E-state index contributed by atoms with van der Waals surface area (Å²) in [7, 11) is 0. The monoisotopic (exact) mass is 396 g/mol. The second-order valence-corrected chi connectivity index (χ2v) is 7.63. The Kier molecular flexibility index (Phi) is 6.10. The van der Waals surface area contributed by atoms with Crippen LogP contribution < -0.4 is 5.32 Å². The standard InChI is InChI=1S/C20H20N4O3S/c1-13-17(12-15-8-4-3-5-9-15)23-20(21-13)28-14(2)19(25)22-16-10-6-7-11-18(16)24(26)27/h3-11,14H,12H2,1-2H3,(H,21,23)(H,22,25). The van der Waals surface area contributed by atoms with E-state index in [1.54, 1.807) is 19.1 Å². The maximum Gasteiger partial charge on any atom is 0.292 e. The highest BCUT2D eigenvalue weighted by Crippen LogP contribution is 2.27. The zero-order valence-electron chi connectivity index (χ0n) is 15.5. The molecule has 144 valence electrons. The SMILES string of the molecule is Cc1[nH]c(SC(C)C(=O)Nc2ccccc2[N+](=O)[O-])nc1Cc1ccccc1. The van der Waals surface area contributed by atoms with Gasteiger partial charge in [0.15, 0.2) is 5.16 Å². The number of H-pyrrole nitrogens is 1. The van der Waals surface area contributed by atoms with E-state index in [0.29, 0.717) is 11.6 Å². The van der Waals surface area contributed by atoms with E-state index in [9.17, 15) is 14.9 Å². The number of aromatic nitrogens is 2. The van der Waals surface area contributed by atoms with Crippen LogP contribution in [0.25, 0.3) is 0 Å². The topological polar surface area (TPSA) is 101 Å². The van der Waals surface area contributed by atoms with Gasteiger partial charge in [-0.2, -0.15) is 0 Å². The molecule has 2 aromatic carbocycles. The first-order valence-electron chi connectivity index (χ1n) is 8.74. The molecule has 0 radical (unpaired) electrons. The summed E-state index contributed by atoms with van der Waals surface area (Å²) in [6.07, 6.45) is 0.709. The number of carbonyl (C=O) groups excluding carboxylic acids is 1. The molecule has 0 saturated heterocycles. The molecule has 8 heteroatoms. The van der Waals surface area contributed by atoms with Crippen LogP contribution in [-0.4, -0.2) is 26.0 Å². The van der Waals surface area contributed by atoms with Gasteiger partial charge in [0, 0.05) is 18.2 Å². The first kappa shape index (κ1) is 19.6. The number of carbonyl (C=O) groups is 1. The molecule has 28 heavy (non-hydrogen) atoms. The smallest absolute Gasteiger partial charge is 0.292 e. The minimum atomic E-state index is -0.515. The van der Waals surface area contributed by atoms with E-state index in [0.717, 1.165) is 17.0 Å². The first-order chi connectivity index (χ1) is 13.4. The van der Waals surface area contributed by atoms with Crippen LogP contribution in [0.4, 0.5) is 11.4 Å². The molecule has 1 unspecified atom stereocenters. The fraction of sp³-hybridized carbons (Fsp3) is 0.200. The van der Waals surface area contributed by atoms with Crippen molar-refractivity contribution >= 4 is 29.0 Å². The summed E-state index contributed by atoms with van der Waals surface area (Å²) in [6.45, 7) is 3.69. The van der Waals surface area contributed by atoms with Crippen LogP contribution in [0.15, 0.2) is 59.8 Å². The third-order valence-electron chi connectivity index (χ3n) is 4.19. The van der Waals surface area contributed by atoms with Crippen LogP contribution in [0.5, 0.6) is 0 Å². The van der Waals surface area contributed by atoms with Crippen LogP contribution in [0.3, 0.4) is 0 Å². The van der Waals surface area contributed by atoms with Crippen molar-refractivity contribution in [3.05, 3.63) is 81.7 Å². The number of nitrogens with zero attached hydrogens (tertiary/aromatic N) is 2. The van der Waals surface area contributed by atoms with E-state index in [-0.39, 0.29) is 17.3 Å². The summed E-state index contributed by atoms with van der Waals surface area (Å²) < 4.78 is 0. The van der Waals surface area contributed by atoms with E-state index in [1.807, 2.05) is 37.3 Å². The van der Waals surface area contributed by atoms with Gasteiger partial charge in [-0.05, 0) is 25.5 Å². The van der Waals surface area contributed by atoms with E-state index >= 15 is 0 Å². The molecule has 1 aromatic heterocycles. The first-order valence-corrected chi connectivity index (χ1v) is 9.62. The predicted octanol–water partition coefficient (Wildman–Crippen LogP) is 4.34. The number of para-hydroxylation sites is 2. The highest BCUT2D eigenvalue weighted by Gasteiger charge is 2.21. The molecule has 0 saturated carbocycles. The molecule has 0 aliphatic rings. The quantitative estimate of drug-likeness (QED) is 0.351. The summed E-state index contributed by atoms with van der Waals surface area (Å²) in [5.41, 5.74) is 3.10. The Balaban J connectivity index is 1.66. The van der Waals surface area contributed by atoms with Gasteiger partial charge < -0.3 is 10.3 Å². The van der Waals surface area contributed by atoms with Crippen LogP contribution in [0.2, 0.25) is 0 Å². The van der Waals surface area contributed by atoms with Gasteiger partial charge in [-0.1, -0.05) is 54.2 Å². The molecule has 0 aliphatic heterocycles. The van der Waals surface area contributed by atoms with Gasteiger partial charge in [-0.3, -0.25) is 14.9 Å². The number of thioether (sulfide) groups is 1. The Bertz CT molecular complexity index is 988. The summed E-state index contributed by atoms with van der Waals surface area (Å²) in [4.78, 5) is 30.9. The summed E-state index contributed by atoms with van der Waals surface area (Å²) >= 11 is 1.28. The van der Waals surface area contributed by atoms with Crippen LogP contribution in [0.1, 0.15) is 23.9 Å². The third-order valence-corrected chi connectivity index (χ3v) is 5.18. The van der Waals surface area contributed by atoms with E-state index in [2.05, 4.69) is 15.3 Å². The Morgan fingerprint density at radius 2 is 1.89 bits per heavy atom. The molecule has 0 aliphatic carbocycles. The average molecular weight is 396 g/mol. The third kappa shape index (κ3) is 4.77. The molecular weight excluding hydrogens is 376 g/mol. The number of hydrogen-bond donors (Lipinski definition) is 2. The molecule has 3 aromatic rings. The lowest BCUT2D eigenvalue weighted by molar-refractivity contribution is -0.383. The van der Waals surface area contributed by atoms with Crippen molar-refractivity contribution in [2.45, 2.75) is 30.7 Å². The lowest BCUT2D eigenvalue weighted by Gasteiger charge is -2.10. The van der Waals surface area contributed by atoms with Crippen LogP contribution in [-0.2, 0) is 11.2 Å².